The van der Waals surface area contributed by atoms with Gasteiger partial charge in [0.15, 0.2) is 0 Å². The summed E-state index contributed by atoms with van der Waals surface area (Å²) in [4.78, 5) is 25.3. The molecule has 1 aliphatic rings. The molecule has 1 fully saturated rings. The van der Waals surface area contributed by atoms with E-state index in [0.29, 0.717) is 22.9 Å². The SMILES string of the molecule is O=C(NC1CCC(c2ccccc2)CC1)c1ccc(CNC(=O)c2cccs2)cc1. The number of nitrogens with one attached hydrogen (secondary N) is 2. The molecule has 0 atom stereocenters. The van der Waals surface area contributed by atoms with Crippen molar-refractivity contribution in [1.29, 1.82) is 0 Å². The molecule has 154 valence electrons. The maximum Gasteiger partial charge on any atom is 0.261 e. The third-order valence-corrected chi connectivity index (χ3v) is 6.62. The Bertz CT molecular complexity index is 960. The Kier molecular flexibility index (Phi) is 6.60. The molecule has 3 aromatic rings. The number of rotatable bonds is 6. The number of amides is 2. The quantitative estimate of drug-likeness (QED) is 0.583. The van der Waals surface area contributed by atoms with Crippen LogP contribution < -0.4 is 10.6 Å². The van der Waals surface area contributed by atoms with Gasteiger partial charge in [0.1, 0.15) is 0 Å². The van der Waals surface area contributed by atoms with Gasteiger partial charge in [-0.3, -0.25) is 9.59 Å². The van der Waals surface area contributed by atoms with Gasteiger partial charge in [-0.1, -0.05) is 48.5 Å². The first-order valence-corrected chi connectivity index (χ1v) is 11.3. The van der Waals surface area contributed by atoms with E-state index in [2.05, 4.69) is 41.0 Å². The van der Waals surface area contributed by atoms with E-state index in [1.165, 1.54) is 16.9 Å². The zero-order valence-corrected chi connectivity index (χ0v) is 17.7. The summed E-state index contributed by atoms with van der Waals surface area (Å²) >= 11 is 1.42. The Morgan fingerprint density at radius 1 is 0.833 bits per heavy atom. The third kappa shape index (κ3) is 5.16. The fourth-order valence-corrected chi connectivity index (χ4v) is 4.66. The fourth-order valence-electron chi connectivity index (χ4n) is 4.02. The minimum atomic E-state index is -0.0714. The van der Waals surface area contributed by atoms with E-state index in [0.717, 1.165) is 31.2 Å². The summed E-state index contributed by atoms with van der Waals surface area (Å²) in [7, 11) is 0. The van der Waals surface area contributed by atoms with Crippen molar-refractivity contribution in [2.24, 2.45) is 0 Å². The predicted molar refractivity (Wildman–Crippen MR) is 121 cm³/mol. The first-order chi connectivity index (χ1) is 14.7. The first-order valence-electron chi connectivity index (χ1n) is 10.5. The summed E-state index contributed by atoms with van der Waals surface area (Å²) in [5, 5.41) is 7.98. The smallest absolute Gasteiger partial charge is 0.261 e. The molecule has 0 radical (unpaired) electrons. The van der Waals surface area contributed by atoms with Gasteiger partial charge in [0.05, 0.1) is 4.88 Å². The van der Waals surface area contributed by atoms with Crippen LogP contribution in [0.15, 0.2) is 72.1 Å². The molecule has 1 heterocycles. The summed E-state index contributed by atoms with van der Waals surface area (Å²) < 4.78 is 0. The summed E-state index contributed by atoms with van der Waals surface area (Å²) in [6, 6.07) is 22.0. The highest BCUT2D eigenvalue weighted by Gasteiger charge is 2.23. The zero-order chi connectivity index (χ0) is 20.8. The molecule has 1 aromatic heterocycles. The topological polar surface area (TPSA) is 58.2 Å². The van der Waals surface area contributed by atoms with Crippen molar-refractivity contribution in [3.8, 4) is 0 Å². The molecule has 0 spiro atoms. The summed E-state index contributed by atoms with van der Waals surface area (Å²) in [5.74, 6) is 0.508. The highest BCUT2D eigenvalue weighted by Crippen LogP contribution is 2.32. The van der Waals surface area contributed by atoms with E-state index >= 15 is 0 Å². The monoisotopic (exact) mass is 418 g/mol. The molecular formula is C25H26N2O2S. The van der Waals surface area contributed by atoms with Crippen LogP contribution in [0.2, 0.25) is 0 Å². The Hall–Kier alpha value is -2.92. The van der Waals surface area contributed by atoms with Crippen LogP contribution in [0.1, 0.15) is 62.8 Å². The van der Waals surface area contributed by atoms with E-state index in [1.54, 1.807) is 6.07 Å². The predicted octanol–water partition coefficient (Wildman–Crippen LogP) is 5.13. The van der Waals surface area contributed by atoms with Gasteiger partial charge in [-0.25, -0.2) is 0 Å². The largest absolute Gasteiger partial charge is 0.349 e. The lowest BCUT2D eigenvalue weighted by Crippen LogP contribution is -2.37. The van der Waals surface area contributed by atoms with Crippen LogP contribution in [0.25, 0.3) is 0 Å². The summed E-state index contributed by atoms with van der Waals surface area (Å²) in [6.45, 7) is 0.447. The van der Waals surface area contributed by atoms with Crippen molar-refractivity contribution >= 4 is 23.2 Å². The highest BCUT2D eigenvalue weighted by molar-refractivity contribution is 7.12. The molecular weight excluding hydrogens is 392 g/mol. The van der Waals surface area contributed by atoms with E-state index < -0.39 is 0 Å². The third-order valence-electron chi connectivity index (χ3n) is 5.75. The van der Waals surface area contributed by atoms with Gasteiger partial charge >= 0.3 is 0 Å². The summed E-state index contributed by atoms with van der Waals surface area (Å²) in [5.41, 5.74) is 3.04. The van der Waals surface area contributed by atoms with Gasteiger partial charge in [0, 0.05) is 18.2 Å². The van der Waals surface area contributed by atoms with Crippen LogP contribution in [0, 0.1) is 0 Å². The highest BCUT2D eigenvalue weighted by atomic mass is 32.1. The molecule has 4 nitrogen and oxygen atoms in total. The van der Waals surface area contributed by atoms with Gasteiger partial charge in [-0.15, -0.1) is 11.3 Å². The second kappa shape index (κ2) is 9.72. The van der Waals surface area contributed by atoms with Crippen molar-refractivity contribution < 1.29 is 9.59 Å². The molecule has 5 heteroatoms. The number of hydrogen-bond donors (Lipinski definition) is 2. The minimum absolute atomic E-state index is 0.0210. The summed E-state index contributed by atoms with van der Waals surface area (Å²) in [6.07, 6.45) is 4.24. The number of carbonyl (C=O) groups is 2. The van der Waals surface area contributed by atoms with Crippen molar-refractivity contribution in [1.82, 2.24) is 10.6 Å². The number of carbonyl (C=O) groups excluding carboxylic acids is 2. The van der Waals surface area contributed by atoms with Gasteiger partial charge in [0.25, 0.3) is 11.8 Å². The molecule has 30 heavy (non-hydrogen) atoms. The second-order valence-corrected chi connectivity index (χ2v) is 8.74. The molecule has 0 unspecified atom stereocenters. The van der Waals surface area contributed by atoms with Crippen LogP contribution in [-0.2, 0) is 6.54 Å². The van der Waals surface area contributed by atoms with Crippen molar-refractivity contribution in [2.45, 2.75) is 44.2 Å². The lowest BCUT2D eigenvalue weighted by atomic mass is 9.82. The van der Waals surface area contributed by atoms with Crippen molar-refractivity contribution in [3.63, 3.8) is 0 Å². The molecule has 2 amide bonds. The van der Waals surface area contributed by atoms with Crippen LogP contribution in [0.4, 0.5) is 0 Å². The van der Waals surface area contributed by atoms with Crippen LogP contribution >= 0.6 is 11.3 Å². The molecule has 4 rings (SSSR count). The van der Waals surface area contributed by atoms with Crippen molar-refractivity contribution in [3.05, 3.63) is 93.7 Å². The Morgan fingerprint density at radius 2 is 1.57 bits per heavy atom. The average Bonchev–Trinajstić information content (AvgIpc) is 3.34. The average molecular weight is 419 g/mol. The number of hydrogen-bond acceptors (Lipinski definition) is 3. The first kappa shape index (κ1) is 20.4. The van der Waals surface area contributed by atoms with E-state index in [9.17, 15) is 9.59 Å². The van der Waals surface area contributed by atoms with Crippen LogP contribution in [0.3, 0.4) is 0 Å². The standard InChI is InChI=1S/C25H26N2O2S/c28-24(27-22-14-12-20(13-15-22)19-5-2-1-3-6-19)21-10-8-18(9-11-21)17-26-25(29)23-7-4-16-30-23/h1-11,16,20,22H,12-15,17H2,(H,26,29)(H,27,28). The zero-order valence-electron chi connectivity index (χ0n) is 16.8. The van der Waals surface area contributed by atoms with Gasteiger partial charge < -0.3 is 10.6 Å². The maximum atomic E-state index is 12.6. The number of thiophene rings is 1. The van der Waals surface area contributed by atoms with Gasteiger partial charge in [-0.05, 0) is 66.3 Å². The Balaban J connectivity index is 1.24. The van der Waals surface area contributed by atoms with E-state index in [4.69, 9.17) is 0 Å². The minimum Gasteiger partial charge on any atom is -0.349 e. The molecule has 2 N–H and O–H groups in total. The molecule has 0 bridgehead atoms. The molecule has 1 aliphatic carbocycles. The van der Waals surface area contributed by atoms with Crippen molar-refractivity contribution in [2.75, 3.05) is 0 Å². The fraction of sp³-hybridized carbons (Fsp3) is 0.280. The molecule has 0 aliphatic heterocycles. The Labute approximate surface area is 181 Å². The maximum absolute atomic E-state index is 12.6. The van der Waals surface area contributed by atoms with Gasteiger partial charge in [0.2, 0.25) is 0 Å². The number of benzene rings is 2. The normalized spacial score (nSPS) is 18.5. The molecule has 1 saturated carbocycles. The van der Waals surface area contributed by atoms with Crippen LogP contribution in [0.5, 0.6) is 0 Å². The molecule has 0 saturated heterocycles. The van der Waals surface area contributed by atoms with Crippen LogP contribution in [-0.4, -0.2) is 17.9 Å². The lowest BCUT2D eigenvalue weighted by Gasteiger charge is -2.29. The van der Waals surface area contributed by atoms with Gasteiger partial charge in [-0.2, -0.15) is 0 Å². The molecule has 2 aromatic carbocycles. The Morgan fingerprint density at radius 3 is 2.23 bits per heavy atom. The lowest BCUT2D eigenvalue weighted by molar-refractivity contribution is 0.0923. The van der Waals surface area contributed by atoms with E-state index in [-0.39, 0.29) is 17.9 Å². The van der Waals surface area contributed by atoms with E-state index in [1.807, 2.05) is 35.7 Å². The second-order valence-electron chi connectivity index (χ2n) is 7.79.